The van der Waals surface area contributed by atoms with Crippen LogP contribution in [0.4, 0.5) is 0 Å². The van der Waals surface area contributed by atoms with E-state index in [9.17, 15) is 9.59 Å². The fraction of sp³-hybridized carbons (Fsp3) is 0.433. The van der Waals surface area contributed by atoms with Crippen LogP contribution in [0.15, 0.2) is 167 Å². The zero-order chi connectivity index (χ0) is 45.8. The standard InChI is InChI=1S/C60H66O6/c1-57(2)45-31-33-59(57,5)55(53(45)51(39-21-11-7-12-22-39)40-23-13-8-14-24-40)65-49(61)37-43(47-29-19-35-63-47)44(48-30-20-36-64-48)38-50(62)66-56-54(46-32-34-60(56,6)58(46,3)4)52(41-25-15-9-16-26-41)42-27-17-10-18-28-42/h7-30,35-36,43-46,51-56H,31-34,37-38H2,1-6H3/t43-,44-,45-,46-,53+,54+,55-,56-,59+,60+/m1/s1. The Morgan fingerprint density at radius 1 is 0.485 bits per heavy atom. The summed E-state index contributed by atoms with van der Waals surface area (Å²) in [5.74, 6) is 0.478. The quantitative estimate of drug-likeness (QED) is 0.0956. The average Bonchev–Trinajstić information content (AvgIpc) is 4.17. The highest BCUT2D eigenvalue weighted by Gasteiger charge is 2.70. The zero-order valence-corrected chi connectivity index (χ0v) is 39.5. The first-order chi connectivity index (χ1) is 31.8. The topological polar surface area (TPSA) is 78.9 Å². The van der Waals surface area contributed by atoms with E-state index in [-0.39, 0.29) is 82.3 Å². The summed E-state index contributed by atoms with van der Waals surface area (Å²) in [4.78, 5) is 30.0. The molecular formula is C60H66O6. The molecule has 4 saturated carbocycles. The molecule has 10 rings (SSSR count). The van der Waals surface area contributed by atoms with E-state index in [1.165, 1.54) is 22.3 Å². The number of furan rings is 2. The molecule has 4 bridgehead atoms. The summed E-state index contributed by atoms with van der Waals surface area (Å²) < 4.78 is 26.3. The van der Waals surface area contributed by atoms with Crippen LogP contribution in [-0.2, 0) is 19.1 Å². The van der Waals surface area contributed by atoms with Crippen LogP contribution in [0, 0.1) is 45.3 Å². The SMILES string of the molecule is CC1(C)[C@@H]2CC[C@@]1(C)[C@H](OC(=O)C[C@@H](c1ccco1)[C@@H](CC(=O)O[C@@H]1[C@H](C(c3ccccc3)c3ccccc3)[C@H]3CC[C@]1(C)C3(C)C)c1ccco1)[C@@H]2C(c1ccccc1)c1ccccc1. The highest BCUT2D eigenvalue weighted by Crippen LogP contribution is 2.72. The number of rotatable bonds is 15. The van der Waals surface area contributed by atoms with E-state index < -0.39 is 11.8 Å². The molecule has 2 heterocycles. The maximum Gasteiger partial charge on any atom is 0.306 e. The molecule has 0 spiro atoms. The molecule has 4 fully saturated rings. The molecule has 0 aliphatic heterocycles. The van der Waals surface area contributed by atoms with Crippen molar-refractivity contribution in [3.8, 4) is 0 Å². The zero-order valence-electron chi connectivity index (χ0n) is 39.5. The molecule has 4 aliphatic carbocycles. The molecule has 6 nitrogen and oxygen atoms in total. The third-order valence-electron chi connectivity index (χ3n) is 18.6. The fourth-order valence-corrected chi connectivity index (χ4v) is 14.5. The lowest BCUT2D eigenvalue weighted by Gasteiger charge is -2.42. The fourth-order valence-electron chi connectivity index (χ4n) is 14.5. The van der Waals surface area contributed by atoms with Gasteiger partial charge in [-0.2, -0.15) is 0 Å². The highest BCUT2D eigenvalue weighted by molar-refractivity contribution is 5.73. The van der Waals surface area contributed by atoms with Crippen LogP contribution >= 0.6 is 0 Å². The number of fused-ring (bicyclic) bond motifs is 4. The molecule has 0 radical (unpaired) electrons. The minimum Gasteiger partial charge on any atom is -0.469 e. The van der Waals surface area contributed by atoms with Crippen LogP contribution in [0.1, 0.15) is 138 Å². The van der Waals surface area contributed by atoms with Crippen molar-refractivity contribution in [3.05, 3.63) is 192 Å². The van der Waals surface area contributed by atoms with E-state index in [1.807, 2.05) is 24.3 Å². The number of esters is 2. The second kappa shape index (κ2) is 17.2. The van der Waals surface area contributed by atoms with Crippen molar-refractivity contribution in [2.45, 2.75) is 116 Å². The molecule has 4 aliphatic rings. The van der Waals surface area contributed by atoms with Crippen LogP contribution in [0.3, 0.4) is 0 Å². The Morgan fingerprint density at radius 2 is 0.803 bits per heavy atom. The predicted octanol–water partition coefficient (Wildman–Crippen LogP) is 14.2. The van der Waals surface area contributed by atoms with Gasteiger partial charge in [-0.3, -0.25) is 9.59 Å². The average molecular weight is 883 g/mol. The Morgan fingerprint density at radius 3 is 1.09 bits per heavy atom. The third kappa shape index (κ3) is 7.29. The van der Waals surface area contributed by atoms with Crippen molar-refractivity contribution in [2.24, 2.45) is 45.3 Å². The molecule has 0 N–H and O–H groups in total. The molecular weight excluding hydrogens is 817 g/mol. The number of hydrogen-bond donors (Lipinski definition) is 0. The number of hydrogen-bond acceptors (Lipinski definition) is 6. The van der Waals surface area contributed by atoms with E-state index in [2.05, 4.69) is 163 Å². The second-order valence-electron chi connectivity index (χ2n) is 21.8. The van der Waals surface area contributed by atoms with Gasteiger partial charge in [0.15, 0.2) is 0 Å². The lowest BCUT2D eigenvalue weighted by atomic mass is 9.68. The number of carbonyl (C=O) groups is 2. The Labute approximate surface area is 391 Å². The van der Waals surface area contributed by atoms with Crippen LogP contribution in [0.5, 0.6) is 0 Å². The van der Waals surface area contributed by atoms with Gasteiger partial charge in [0.25, 0.3) is 0 Å². The van der Waals surface area contributed by atoms with Crippen molar-refractivity contribution in [3.63, 3.8) is 0 Å². The van der Waals surface area contributed by atoms with Crippen molar-refractivity contribution >= 4 is 11.9 Å². The van der Waals surface area contributed by atoms with E-state index in [4.69, 9.17) is 18.3 Å². The van der Waals surface area contributed by atoms with Crippen molar-refractivity contribution in [1.82, 2.24) is 0 Å². The van der Waals surface area contributed by atoms with Crippen LogP contribution in [0.2, 0.25) is 0 Å². The second-order valence-corrected chi connectivity index (χ2v) is 21.8. The van der Waals surface area contributed by atoms with Crippen molar-refractivity contribution < 1.29 is 27.9 Å². The molecule has 66 heavy (non-hydrogen) atoms. The lowest BCUT2D eigenvalue weighted by molar-refractivity contribution is -0.164. The highest BCUT2D eigenvalue weighted by atomic mass is 16.6. The molecule has 10 atom stereocenters. The number of benzene rings is 4. The Kier molecular flexibility index (Phi) is 11.5. The number of carbonyl (C=O) groups excluding carboxylic acids is 2. The summed E-state index contributed by atoms with van der Waals surface area (Å²) >= 11 is 0. The van der Waals surface area contributed by atoms with Crippen molar-refractivity contribution in [1.29, 1.82) is 0 Å². The molecule has 0 saturated heterocycles. The maximum absolute atomic E-state index is 15.0. The van der Waals surface area contributed by atoms with Gasteiger partial charge in [0.1, 0.15) is 23.7 Å². The van der Waals surface area contributed by atoms with Gasteiger partial charge in [-0.05, 0) is 94.9 Å². The summed E-state index contributed by atoms with van der Waals surface area (Å²) in [6, 6.07) is 50.5. The van der Waals surface area contributed by atoms with Crippen LogP contribution < -0.4 is 0 Å². The van der Waals surface area contributed by atoms with E-state index in [1.54, 1.807) is 12.5 Å². The number of ether oxygens (including phenoxy) is 2. The first-order valence-electron chi connectivity index (χ1n) is 24.5. The van der Waals surface area contributed by atoms with Gasteiger partial charge in [0.05, 0.1) is 25.4 Å². The minimum absolute atomic E-state index is 0.0147. The summed E-state index contributed by atoms with van der Waals surface area (Å²) in [6.07, 6.45) is 6.82. The third-order valence-corrected chi connectivity index (χ3v) is 18.6. The minimum atomic E-state index is -0.549. The van der Waals surface area contributed by atoms with Gasteiger partial charge < -0.3 is 18.3 Å². The first kappa shape index (κ1) is 44.2. The predicted molar refractivity (Wildman–Crippen MR) is 258 cm³/mol. The molecule has 6 aromatic rings. The van der Waals surface area contributed by atoms with Crippen LogP contribution in [-0.4, -0.2) is 24.1 Å². The Balaban J connectivity index is 0.965. The van der Waals surface area contributed by atoms with Gasteiger partial charge in [-0.15, -0.1) is 0 Å². The summed E-state index contributed by atoms with van der Waals surface area (Å²) in [5.41, 5.74) is 4.36. The van der Waals surface area contributed by atoms with Gasteiger partial charge in [0.2, 0.25) is 0 Å². The Bertz CT molecular complexity index is 2310. The molecule has 342 valence electrons. The normalized spacial score (nSPS) is 29.0. The maximum atomic E-state index is 15.0. The summed E-state index contributed by atoms with van der Waals surface area (Å²) in [5, 5.41) is 0. The van der Waals surface area contributed by atoms with Gasteiger partial charge in [-0.1, -0.05) is 163 Å². The van der Waals surface area contributed by atoms with Gasteiger partial charge in [-0.25, -0.2) is 0 Å². The first-order valence-corrected chi connectivity index (χ1v) is 24.5. The lowest BCUT2D eigenvalue weighted by Crippen LogP contribution is -2.43. The summed E-state index contributed by atoms with van der Waals surface area (Å²) in [6.45, 7) is 14.2. The van der Waals surface area contributed by atoms with E-state index in [0.29, 0.717) is 23.4 Å². The monoisotopic (exact) mass is 882 g/mol. The Hall–Kier alpha value is -5.62. The van der Waals surface area contributed by atoms with E-state index in [0.717, 1.165) is 25.7 Å². The molecule has 4 aromatic carbocycles. The van der Waals surface area contributed by atoms with Gasteiger partial charge in [0, 0.05) is 46.3 Å². The summed E-state index contributed by atoms with van der Waals surface area (Å²) in [7, 11) is 0. The molecule has 6 heteroatoms. The van der Waals surface area contributed by atoms with E-state index >= 15 is 0 Å². The van der Waals surface area contributed by atoms with Gasteiger partial charge >= 0.3 is 11.9 Å². The van der Waals surface area contributed by atoms with Crippen molar-refractivity contribution in [2.75, 3.05) is 0 Å². The van der Waals surface area contributed by atoms with Crippen LogP contribution in [0.25, 0.3) is 0 Å². The largest absolute Gasteiger partial charge is 0.469 e. The molecule has 0 amide bonds. The molecule has 2 aromatic heterocycles. The molecule has 0 unspecified atom stereocenters. The smallest absolute Gasteiger partial charge is 0.306 e.